The average Bonchev–Trinajstić information content (AvgIpc) is 2.81. The van der Waals surface area contributed by atoms with Crippen LogP contribution in [0.4, 0.5) is 10.1 Å². The molecule has 0 aliphatic carbocycles. The summed E-state index contributed by atoms with van der Waals surface area (Å²) >= 11 is 0. The quantitative estimate of drug-likeness (QED) is 0.492. The zero-order valence-corrected chi connectivity index (χ0v) is 21.1. The van der Waals surface area contributed by atoms with Gasteiger partial charge in [0.1, 0.15) is 18.4 Å². The number of hydrogen-bond acceptors (Lipinski definition) is 4. The Labute approximate surface area is 202 Å². The second kappa shape index (κ2) is 12.5. The summed E-state index contributed by atoms with van der Waals surface area (Å²) < 4.78 is 39.6. The van der Waals surface area contributed by atoms with Crippen LogP contribution >= 0.6 is 0 Å². The third kappa shape index (κ3) is 7.55. The van der Waals surface area contributed by atoms with Crippen molar-refractivity contribution >= 4 is 27.5 Å². The normalized spacial score (nSPS) is 12.1. The lowest BCUT2D eigenvalue weighted by atomic mass is 10.1. The summed E-state index contributed by atoms with van der Waals surface area (Å²) in [6.07, 6.45) is 2.93. The topological polar surface area (TPSA) is 86.8 Å². The predicted octanol–water partition coefficient (Wildman–Crippen LogP) is 3.49. The minimum Gasteiger partial charge on any atom is -0.354 e. The molecule has 186 valence electrons. The van der Waals surface area contributed by atoms with Crippen LogP contribution in [0.2, 0.25) is 0 Å². The van der Waals surface area contributed by atoms with Crippen molar-refractivity contribution in [2.24, 2.45) is 0 Å². The summed E-state index contributed by atoms with van der Waals surface area (Å²) in [6.45, 7) is 5.77. The first kappa shape index (κ1) is 27.3. The zero-order chi connectivity index (χ0) is 25.3. The molecular formula is C25H34FN3O4S. The molecule has 0 aromatic heterocycles. The minimum absolute atomic E-state index is 0.0452. The van der Waals surface area contributed by atoms with E-state index in [4.69, 9.17) is 0 Å². The number of nitrogens with one attached hydrogen (secondary N) is 1. The van der Waals surface area contributed by atoms with E-state index in [9.17, 15) is 22.4 Å². The monoisotopic (exact) mass is 491 g/mol. The van der Waals surface area contributed by atoms with Crippen molar-refractivity contribution < 1.29 is 22.4 Å². The third-order valence-corrected chi connectivity index (χ3v) is 6.65. The van der Waals surface area contributed by atoms with E-state index in [1.807, 2.05) is 26.0 Å². The van der Waals surface area contributed by atoms with Crippen molar-refractivity contribution in [1.29, 1.82) is 0 Å². The number of rotatable bonds is 12. The first-order valence-electron chi connectivity index (χ1n) is 11.5. The lowest BCUT2D eigenvalue weighted by Gasteiger charge is -2.33. The number of carbonyl (C=O) groups excluding carboxylic acids is 2. The fourth-order valence-electron chi connectivity index (χ4n) is 3.58. The van der Waals surface area contributed by atoms with Crippen molar-refractivity contribution in [3.05, 3.63) is 65.5 Å². The van der Waals surface area contributed by atoms with Crippen LogP contribution in [-0.4, -0.2) is 50.5 Å². The largest absolute Gasteiger partial charge is 0.354 e. The standard InChI is InChI=1S/C25H34FN3O4S/c1-5-16-27-25(31)23(7-3)28(17-20-8-12-21(26)13-9-20)24(30)18-29(34(4,32)33)22-14-10-19(6-2)11-15-22/h8-15,23H,5-7,16-18H2,1-4H3,(H,27,31). The molecule has 0 aliphatic heterocycles. The maximum atomic E-state index is 13.5. The summed E-state index contributed by atoms with van der Waals surface area (Å²) in [5.74, 6) is -1.24. The second-order valence-corrected chi connectivity index (χ2v) is 10.1. The van der Waals surface area contributed by atoms with Gasteiger partial charge in [-0.2, -0.15) is 0 Å². The van der Waals surface area contributed by atoms with Gasteiger partial charge >= 0.3 is 0 Å². The molecule has 0 heterocycles. The molecule has 2 aromatic carbocycles. The van der Waals surface area contributed by atoms with E-state index in [0.29, 0.717) is 24.2 Å². The van der Waals surface area contributed by atoms with Gasteiger partial charge < -0.3 is 10.2 Å². The van der Waals surface area contributed by atoms with Crippen LogP contribution in [0.3, 0.4) is 0 Å². The van der Waals surface area contributed by atoms with Gasteiger partial charge in [0, 0.05) is 13.1 Å². The number of sulfonamides is 1. The molecule has 0 radical (unpaired) electrons. The minimum atomic E-state index is -3.78. The van der Waals surface area contributed by atoms with Gasteiger partial charge in [0.25, 0.3) is 0 Å². The van der Waals surface area contributed by atoms with E-state index in [2.05, 4.69) is 5.32 Å². The molecule has 2 aromatic rings. The van der Waals surface area contributed by atoms with Gasteiger partial charge in [-0.05, 0) is 54.7 Å². The lowest BCUT2D eigenvalue weighted by molar-refractivity contribution is -0.140. The van der Waals surface area contributed by atoms with Gasteiger partial charge in [0.05, 0.1) is 11.9 Å². The van der Waals surface area contributed by atoms with Gasteiger partial charge in [0.2, 0.25) is 21.8 Å². The zero-order valence-electron chi connectivity index (χ0n) is 20.3. The molecular weight excluding hydrogens is 457 g/mol. The molecule has 2 amide bonds. The second-order valence-electron chi connectivity index (χ2n) is 8.15. The number of aryl methyl sites for hydroxylation is 1. The van der Waals surface area contributed by atoms with E-state index in [-0.39, 0.29) is 12.5 Å². The Balaban J connectivity index is 2.40. The van der Waals surface area contributed by atoms with Crippen molar-refractivity contribution in [1.82, 2.24) is 10.2 Å². The third-order valence-electron chi connectivity index (χ3n) is 5.51. The van der Waals surface area contributed by atoms with Crippen LogP contribution in [0.5, 0.6) is 0 Å². The van der Waals surface area contributed by atoms with Crippen molar-refractivity contribution in [3.8, 4) is 0 Å². The van der Waals surface area contributed by atoms with Crippen LogP contribution in [-0.2, 0) is 32.6 Å². The van der Waals surface area contributed by atoms with E-state index in [1.165, 1.54) is 17.0 Å². The Morgan fingerprint density at radius 1 is 0.971 bits per heavy atom. The maximum Gasteiger partial charge on any atom is 0.244 e. The first-order chi connectivity index (χ1) is 16.1. The fraction of sp³-hybridized carbons (Fsp3) is 0.440. The summed E-state index contributed by atoms with van der Waals surface area (Å²) in [7, 11) is -3.78. The molecule has 0 spiro atoms. The number of benzene rings is 2. The van der Waals surface area contributed by atoms with Crippen LogP contribution in [0.1, 0.15) is 44.7 Å². The number of carbonyl (C=O) groups is 2. The number of nitrogens with zero attached hydrogens (tertiary/aromatic N) is 2. The van der Waals surface area contributed by atoms with Gasteiger partial charge in [-0.3, -0.25) is 13.9 Å². The summed E-state index contributed by atoms with van der Waals surface area (Å²) in [4.78, 5) is 27.7. The van der Waals surface area contributed by atoms with Crippen LogP contribution in [0.15, 0.2) is 48.5 Å². The highest BCUT2D eigenvalue weighted by molar-refractivity contribution is 7.92. The molecule has 0 saturated heterocycles. The molecule has 0 saturated carbocycles. The summed E-state index contributed by atoms with van der Waals surface area (Å²) in [6, 6.07) is 11.8. The number of hydrogen-bond donors (Lipinski definition) is 1. The van der Waals surface area contributed by atoms with Crippen molar-refractivity contribution in [3.63, 3.8) is 0 Å². The van der Waals surface area contributed by atoms with Crippen LogP contribution < -0.4 is 9.62 Å². The molecule has 1 N–H and O–H groups in total. The average molecular weight is 492 g/mol. The smallest absolute Gasteiger partial charge is 0.244 e. The van der Waals surface area contributed by atoms with Crippen molar-refractivity contribution in [2.45, 2.75) is 52.6 Å². The SMILES string of the molecule is CCCNC(=O)C(CC)N(Cc1ccc(F)cc1)C(=O)CN(c1ccc(CC)cc1)S(C)(=O)=O. The van der Waals surface area contributed by atoms with Crippen LogP contribution in [0.25, 0.3) is 0 Å². The Bertz CT molecular complexity index is 1060. The molecule has 9 heteroatoms. The van der Waals surface area contributed by atoms with Crippen molar-refractivity contribution in [2.75, 3.05) is 23.7 Å². The number of halogens is 1. The number of amides is 2. The predicted molar refractivity (Wildman–Crippen MR) is 132 cm³/mol. The lowest BCUT2D eigenvalue weighted by Crippen LogP contribution is -2.52. The highest BCUT2D eigenvalue weighted by Crippen LogP contribution is 2.20. The molecule has 1 unspecified atom stereocenters. The molecule has 1 atom stereocenters. The maximum absolute atomic E-state index is 13.5. The van der Waals surface area contributed by atoms with Crippen LogP contribution in [0, 0.1) is 5.82 Å². The highest BCUT2D eigenvalue weighted by Gasteiger charge is 2.31. The van der Waals surface area contributed by atoms with E-state index in [1.54, 1.807) is 31.2 Å². The Morgan fingerprint density at radius 2 is 1.56 bits per heavy atom. The molecule has 7 nitrogen and oxygen atoms in total. The molecule has 34 heavy (non-hydrogen) atoms. The van der Waals surface area contributed by atoms with Gasteiger partial charge in [-0.1, -0.05) is 45.0 Å². The Hall–Kier alpha value is -2.94. The van der Waals surface area contributed by atoms with E-state index < -0.39 is 34.3 Å². The first-order valence-corrected chi connectivity index (χ1v) is 13.3. The fourth-order valence-corrected chi connectivity index (χ4v) is 4.43. The Morgan fingerprint density at radius 3 is 2.06 bits per heavy atom. The highest BCUT2D eigenvalue weighted by atomic mass is 32.2. The molecule has 0 bridgehead atoms. The summed E-state index contributed by atoms with van der Waals surface area (Å²) in [5.41, 5.74) is 2.05. The van der Waals surface area contributed by atoms with E-state index >= 15 is 0 Å². The Kier molecular flexibility index (Phi) is 10.0. The van der Waals surface area contributed by atoms with Gasteiger partial charge in [0.15, 0.2) is 0 Å². The van der Waals surface area contributed by atoms with Gasteiger partial charge in [-0.25, -0.2) is 12.8 Å². The summed E-state index contributed by atoms with van der Waals surface area (Å²) in [5, 5.41) is 2.82. The van der Waals surface area contributed by atoms with E-state index in [0.717, 1.165) is 29.0 Å². The molecule has 0 aliphatic rings. The van der Waals surface area contributed by atoms with Gasteiger partial charge in [-0.15, -0.1) is 0 Å². The number of anilines is 1. The molecule has 2 rings (SSSR count). The molecule has 0 fully saturated rings.